The largest absolute Gasteiger partial charge is 0.482 e. The number of amides is 1. The quantitative estimate of drug-likeness (QED) is 0.700. The fourth-order valence-electron chi connectivity index (χ4n) is 4.88. The summed E-state index contributed by atoms with van der Waals surface area (Å²) in [5.74, 6) is 0.677. The zero-order valence-electron chi connectivity index (χ0n) is 18.2. The molecule has 2 aliphatic rings. The molecule has 1 N–H and O–H groups in total. The van der Waals surface area contributed by atoms with Crippen LogP contribution in [0.4, 0.5) is 0 Å². The Balaban J connectivity index is 1.35. The fraction of sp³-hybridized carbons (Fsp3) is 0.478. The summed E-state index contributed by atoms with van der Waals surface area (Å²) in [7, 11) is 0. The molecule has 1 fully saturated rings. The lowest BCUT2D eigenvalue weighted by molar-refractivity contribution is -0.00628. The lowest BCUT2D eigenvalue weighted by Crippen LogP contribution is -2.52. The Labute approximate surface area is 180 Å². The van der Waals surface area contributed by atoms with E-state index in [1.807, 2.05) is 35.6 Å². The van der Waals surface area contributed by atoms with Crippen molar-refractivity contribution < 1.29 is 14.3 Å². The summed E-state index contributed by atoms with van der Waals surface area (Å²) in [5, 5.41) is 12.5. The summed E-state index contributed by atoms with van der Waals surface area (Å²) < 4.78 is 8.22. The molecule has 0 bridgehead atoms. The maximum absolute atomic E-state index is 13.2. The van der Waals surface area contributed by atoms with Crippen LogP contribution in [0.5, 0.6) is 5.75 Å². The molecule has 4 heterocycles. The summed E-state index contributed by atoms with van der Waals surface area (Å²) in [5.41, 5.74) is 3.56. The van der Waals surface area contributed by atoms with Crippen LogP contribution in [0, 0.1) is 6.92 Å². The predicted molar refractivity (Wildman–Crippen MR) is 116 cm³/mol. The summed E-state index contributed by atoms with van der Waals surface area (Å²) in [6.45, 7) is 7.84. The first-order chi connectivity index (χ1) is 14.9. The van der Waals surface area contributed by atoms with Gasteiger partial charge in [-0.2, -0.15) is 10.2 Å². The van der Waals surface area contributed by atoms with Crippen molar-refractivity contribution in [2.24, 2.45) is 0 Å². The molecule has 3 aromatic rings. The van der Waals surface area contributed by atoms with Gasteiger partial charge in [-0.3, -0.25) is 19.4 Å². The second-order valence-corrected chi connectivity index (χ2v) is 8.58. The van der Waals surface area contributed by atoms with E-state index in [0.29, 0.717) is 55.9 Å². The second kappa shape index (κ2) is 7.21. The van der Waals surface area contributed by atoms with Gasteiger partial charge in [-0.05, 0) is 38.0 Å². The number of piperidine rings is 1. The van der Waals surface area contributed by atoms with E-state index in [-0.39, 0.29) is 11.7 Å². The topological polar surface area (TPSA) is 93.1 Å². The van der Waals surface area contributed by atoms with E-state index in [0.717, 1.165) is 28.6 Å². The molecule has 5 rings (SSSR count). The van der Waals surface area contributed by atoms with Crippen molar-refractivity contribution in [2.75, 3.05) is 13.1 Å². The molecule has 1 amide bonds. The van der Waals surface area contributed by atoms with Gasteiger partial charge in [0.2, 0.25) is 0 Å². The molecule has 2 aromatic heterocycles. The van der Waals surface area contributed by atoms with Crippen molar-refractivity contribution in [1.29, 1.82) is 0 Å². The van der Waals surface area contributed by atoms with E-state index < -0.39 is 5.60 Å². The summed E-state index contributed by atoms with van der Waals surface area (Å²) in [4.78, 5) is 27.9. The van der Waals surface area contributed by atoms with Gasteiger partial charge < -0.3 is 9.64 Å². The SMILES string of the molecule is CCc1cc(C(=O)N2CCC3(CC2)CC(=O)c2nn(CC)c(C)c2O3)cc2cn[nH]c12. The lowest BCUT2D eigenvalue weighted by Gasteiger charge is -2.43. The van der Waals surface area contributed by atoms with Gasteiger partial charge in [0, 0.05) is 43.4 Å². The van der Waals surface area contributed by atoms with Crippen molar-refractivity contribution in [3.8, 4) is 5.75 Å². The normalized spacial score (nSPS) is 17.8. The minimum atomic E-state index is -0.545. The van der Waals surface area contributed by atoms with Crippen LogP contribution in [0.25, 0.3) is 10.9 Å². The molecule has 1 spiro atoms. The number of rotatable bonds is 3. The van der Waals surface area contributed by atoms with Crippen molar-refractivity contribution in [3.05, 3.63) is 40.8 Å². The van der Waals surface area contributed by atoms with E-state index in [9.17, 15) is 9.59 Å². The van der Waals surface area contributed by atoms with E-state index in [2.05, 4.69) is 22.2 Å². The molecule has 1 saturated heterocycles. The number of likely N-dealkylation sites (tertiary alicyclic amines) is 1. The number of nitrogens with zero attached hydrogens (tertiary/aromatic N) is 4. The maximum Gasteiger partial charge on any atom is 0.253 e. The first-order valence-corrected chi connectivity index (χ1v) is 11.0. The van der Waals surface area contributed by atoms with Crippen molar-refractivity contribution >= 4 is 22.6 Å². The number of benzene rings is 1. The Morgan fingerprint density at radius 2 is 2.03 bits per heavy atom. The minimum Gasteiger partial charge on any atom is -0.482 e. The molecular weight excluding hydrogens is 394 g/mol. The molecular formula is C23H27N5O3. The second-order valence-electron chi connectivity index (χ2n) is 8.58. The van der Waals surface area contributed by atoms with Gasteiger partial charge in [0.15, 0.2) is 17.2 Å². The number of fused-ring (bicyclic) bond motifs is 2. The van der Waals surface area contributed by atoms with E-state index in [1.165, 1.54) is 0 Å². The highest BCUT2D eigenvalue weighted by Crippen LogP contribution is 2.41. The Bertz CT molecular complexity index is 1180. The third-order valence-electron chi connectivity index (χ3n) is 6.74. The number of aromatic nitrogens is 4. The van der Waals surface area contributed by atoms with Crippen molar-refractivity contribution in [3.63, 3.8) is 0 Å². The number of H-pyrrole nitrogens is 1. The van der Waals surface area contributed by atoms with Crippen molar-refractivity contribution in [2.45, 2.75) is 58.6 Å². The number of ether oxygens (including phenoxy) is 1. The predicted octanol–water partition coefficient (Wildman–Crippen LogP) is 3.29. The van der Waals surface area contributed by atoms with Crippen LogP contribution in [-0.2, 0) is 13.0 Å². The van der Waals surface area contributed by atoms with Gasteiger partial charge >= 0.3 is 0 Å². The third kappa shape index (κ3) is 3.12. The first-order valence-electron chi connectivity index (χ1n) is 11.0. The highest BCUT2D eigenvalue weighted by molar-refractivity contribution is 6.00. The number of carbonyl (C=O) groups excluding carboxylic acids is 2. The van der Waals surface area contributed by atoms with Crippen LogP contribution < -0.4 is 4.74 Å². The first kappa shape index (κ1) is 19.8. The average molecular weight is 422 g/mol. The highest BCUT2D eigenvalue weighted by Gasteiger charge is 2.45. The molecule has 8 heteroatoms. The molecule has 31 heavy (non-hydrogen) atoms. The van der Waals surface area contributed by atoms with E-state index in [4.69, 9.17) is 4.74 Å². The maximum atomic E-state index is 13.2. The van der Waals surface area contributed by atoms with E-state index in [1.54, 1.807) is 6.20 Å². The van der Waals surface area contributed by atoms with Crippen LogP contribution in [0.1, 0.15) is 65.2 Å². The number of Topliss-reactive ketones (excluding diaryl/α,β-unsaturated/α-hetero) is 1. The molecule has 2 aliphatic heterocycles. The smallest absolute Gasteiger partial charge is 0.253 e. The Morgan fingerprint density at radius 3 is 2.74 bits per heavy atom. The number of ketones is 1. The molecule has 0 radical (unpaired) electrons. The van der Waals surface area contributed by atoms with Gasteiger partial charge in [-0.1, -0.05) is 6.92 Å². The van der Waals surface area contributed by atoms with Crippen LogP contribution >= 0.6 is 0 Å². The molecule has 0 atom stereocenters. The number of hydrogen-bond donors (Lipinski definition) is 1. The van der Waals surface area contributed by atoms with Crippen LogP contribution in [0.2, 0.25) is 0 Å². The average Bonchev–Trinajstić information content (AvgIpc) is 3.38. The standard InChI is InChI=1S/C23H27N5O3/c1-4-15-10-16(11-17-13-24-25-19(15)17)22(30)27-8-6-23(7-9-27)12-18(29)20-21(31-23)14(3)28(5-2)26-20/h10-11,13H,4-9,12H2,1-3H3,(H,24,25). The van der Waals surface area contributed by atoms with Gasteiger partial charge in [-0.15, -0.1) is 0 Å². The molecule has 1 aromatic carbocycles. The fourth-order valence-corrected chi connectivity index (χ4v) is 4.88. The Morgan fingerprint density at radius 1 is 1.26 bits per heavy atom. The molecule has 0 aliphatic carbocycles. The number of carbonyl (C=O) groups is 2. The summed E-state index contributed by atoms with van der Waals surface area (Å²) in [6.07, 6.45) is 4.17. The zero-order chi connectivity index (χ0) is 21.8. The van der Waals surface area contributed by atoms with Gasteiger partial charge in [-0.25, -0.2) is 0 Å². The van der Waals surface area contributed by atoms with Crippen LogP contribution in [0.15, 0.2) is 18.3 Å². The van der Waals surface area contributed by atoms with Gasteiger partial charge in [0.1, 0.15) is 5.60 Å². The number of nitrogens with one attached hydrogen (secondary N) is 1. The van der Waals surface area contributed by atoms with Crippen LogP contribution in [-0.4, -0.2) is 55.3 Å². The third-order valence-corrected chi connectivity index (χ3v) is 6.74. The molecule has 162 valence electrons. The van der Waals surface area contributed by atoms with Gasteiger partial charge in [0.05, 0.1) is 23.8 Å². The molecule has 0 unspecified atom stereocenters. The summed E-state index contributed by atoms with van der Waals surface area (Å²) >= 11 is 0. The monoisotopic (exact) mass is 421 g/mol. The zero-order valence-corrected chi connectivity index (χ0v) is 18.2. The number of aryl methyl sites for hydroxylation is 2. The van der Waals surface area contributed by atoms with E-state index >= 15 is 0 Å². The number of hydrogen-bond acceptors (Lipinski definition) is 5. The highest BCUT2D eigenvalue weighted by atomic mass is 16.5. The van der Waals surface area contributed by atoms with Gasteiger partial charge in [0.25, 0.3) is 5.91 Å². The van der Waals surface area contributed by atoms with Crippen LogP contribution in [0.3, 0.4) is 0 Å². The number of aromatic amines is 1. The Kier molecular flexibility index (Phi) is 4.60. The molecule has 8 nitrogen and oxygen atoms in total. The minimum absolute atomic E-state index is 0.0189. The lowest BCUT2D eigenvalue weighted by atomic mass is 9.83. The summed E-state index contributed by atoms with van der Waals surface area (Å²) in [6, 6.07) is 3.86. The molecule has 0 saturated carbocycles. The Hall–Kier alpha value is -3.16. The van der Waals surface area contributed by atoms with Crippen molar-refractivity contribution in [1.82, 2.24) is 24.9 Å².